The number of aryl methyl sites for hydroxylation is 1. The van der Waals surface area contributed by atoms with Crippen LogP contribution in [0.5, 0.6) is 0 Å². The maximum absolute atomic E-state index is 13.3. The van der Waals surface area contributed by atoms with Crippen molar-refractivity contribution in [2.45, 2.75) is 46.2 Å². The summed E-state index contributed by atoms with van der Waals surface area (Å²) in [6.07, 6.45) is 0.924. The summed E-state index contributed by atoms with van der Waals surface area (Å²) in [5.41, 5.74) is 1.24. The van der Waals surface area contributed by atoms with E-state index >= 15 is 0 Å². The molecule has 1 aromatic rings. The molecular formula is C21H33FN4O2. The molecule has 6 nitrogen and oxygen atoms in total. The molecule has 2 amide bonds. The number of hydrogen-bond acceptors (Lipinski definition) is 4. The molecule has 0 aromatic heterocycles. The minimum Gasteiger partial charge on any atom is -0.351 e. The van der Waals surface area contributed by atoms with Gasteiger partial charge in [-0.05, 0) is 64.4 Å². The second-order valence-electron chi connectivity index (χ2n) is 8.56. The van der Waals surface area contributed by atoms with Gasteiger partial charge >= 0.3 is 0 Å². The van der Waals surface area contributed by atoms with Gasteiger partial charge in [0.2, 0.25) is 11.8 Å². The quantitative estimate of drug-likeness (QED) is 0.773. The zero-order chi connectivity index (χ0) is 20.7. The molecule has 0 aliphatic carbocycles. The van der Waals surface area contributed by atoms with Crippen LogP contribution in [0.4, 0.5) is 4.39 Å². The van der Waals surface area contributed by atoms with Crippen LogP contribution in [0.2, 0.25) is 0 Å². The summed E-state index contributed by atoms with van der Waals surface area (Å²) in [7, 11) is 0. The molecule has 0 saturated carbocycles. The van der Waals surface area contributed by atoms with Crippen LogP contribution in [0.25, 0.3) is 0 Å². The highest BCUT2D eigenvalue weighted by Gasteiger charge is 2.20. The molecule has 7 heteroatoms. The van der Waals surface area contributed by atoms with Crippen molar-refractivity contribution in [1.29, 1.82) is 0 Å². The fraction of sp³-hybridized carbons (Fsp3) is 0.619. The molecular weight excluding hydrogens is 359 g/mol. The summed E-state index contributed by atoms with van der Waals surface area (Å²) < 4.78 is 13.3. The van der Waals surface area contributed by atoms with Crippen molar-refractivity contribution in [2.75, 3.05) is 39.3 Å². The minimum absolute atomic E-state index is 0.0354. The first-order valence-corrected chi connectivity index (χ1v) is 9.90. The summed E-state index contributed by atoms with van der Waals surface area (Å²) in [6, 6.07) is 4.87. The van der Waals surface area contributed by atoms with E-state index in [-0.39, 0.29) is 23.2 Å². The lowest BCUT2D eigenvalue weighted by atomic mass is 10.1. The Morgan fingerprint density at radius 3 is 2.21 bits per heavy atom. The van der Waals surface area contributed by atoms with Crippen molar-refractivity contribution < 1.29 is 14.0 Å². The Hall–Kier alpha value is -1.99. The third-order valence-corrected chi connectivity index (χ3v) is 4.64. The monoisotopic (exact) mass is 392 g/mol. The fourth-order valence-electron chi connectivity index (χ4n) is 3.28. The molecule has 0 unspecified atom stereocenters. The van der Waals surface area contributed by atoms with Crippen molar-refractivity contribution in [1.82, 2.24) is 20.4 Å². The molecule has 0 bridgehead atoms. The van der Waals surface area contributed by atoms with Gasteiger partial charge in [0.1, 0.15) is 5.82 Å². The highest BCUT2D eigenvalue weighted by Crippen LogP contribution is 2.09. The number of nitrogens with zero attached hydrogens (tertiary/aromatic N) is 2. The van der Waals surface area contributed by atoms with Crippen LogP contribution >= 0.6 is 0 Å². The lowest BCUT2D eigenvalue weighted by Crippen LogP contribution is -2.46. The summed E-state index contributed by atoms with van der Waals surface area (Å²) in [5.74, 6) is -0.241. The van der Waals surface area contributed by atoms with E-state index in [1.165, 1.54) is 6.07 Å². The van der Waals surface area contributed by atoms with Crippen molar-refractivity contribution in [3.63, 3.8) is 0 Å². The van der Waals surface area contributed by atoms with Crippen LogP contribution in [-0.2, 0) is 16.1 Å². The van der Waals surface area contributed by atoms with Crippen molar-refractivity contribution in [2.24, 2.45) is 0 Å². The molecule has 2 rings (SSSR count). The number of carbonyl (C=O) groups excluding carboxylic acids is 2. The second-order valence-corrected chi connectivity index (χ2v) is 8.56. The Morgan fingerprint density at radius 1 is 1.04 bits per heavy atom. The lowest BCUT2D eigenvalue weighted by molar-refractivity contribution is -0.124. The van der Waals surface area contributed by atoms with Crippen molar-refractivity contribution in [3.8, 4) is 0 Å². The number of rotatable bonds is 6. The number of hydrogen-bond donors (Lipinski definition) is 2. The average molecular weight is 393 g/mol. The summed E-state index contributed by atoms with van der Waals surface area (Å²) >= 11 is 0. The van der Waals surface area contributed by atoms with Gasteiger partial charge in [-0.1, -0.05) is 12.1 Å². The molecule has 1 aliphatic heterocycles. The Morgan fingerprint density at radius 2 is 1.64 bits per heavy atom. The van der Waals surface area contributed by atoms with E-state index in [4.69, 9.17) is 0 Å². The van der Waals surface area contributed by atoms with Gasteiger partial charge in [-0.3, -0.25) is 19.4 Å². The number of halogens is 1. The Bertz CT molecular complexity index is 687. The summed E-state index contributed by atoms with van der Waals surface area (Å²) in [4.78, 5) is 28.6. The van der Waals surface area contributed by atoms with Crippen LogP contribution in [0.3, 0.4) is 0 Å². The van der Waals surface area contributed by atoms with Gasteiger partial charge in [0, 0.05) is 25.2 Å². The van der Waals surface area contributed by atoms with Crippen LogP contribution in [0.15, 0.2) is 18.2 Å². The van der Waals surface area contributed by atoms with Gasteiger partial charge in [0.25, 0.3) is 0 Å². The average Bonchev–Trinajstić information content (AvgIpc) is 2.79. The molecule has 1 aromatic carbocycles. The highest BCUT2D eigenvalue weighted by atomic mass is 19.1. The third-order valence-electron chi connectivity index (χ3n) is 4.64. The number of benzene rings is 1. The van der Waals surface area contributed by atoms with E-state index in [0.29, 0.717) is 25.2 Å². The maximum Gasteiger partial charge on any atom is 0.234 e. The number of nitrogens with one attached hydrogen (secondary N) is 2. The molecule has 156 valence electrons. The Labute approximate surface area is 167 Å². The van der Waals surface area contributed by atoms with Gasteiger partial charge in [0.05, 0.1) is 13.1 Å². The molecule has 0 spiro atoms. The Kier molecular flexibility index (Phi) is 7.95. The van der Waals surface area contributed by atoms with Crippen LogP contribution in [-0.4, -0.2) is 66.4 Å². The van der Waals surface area contributed by atoms with Gasteiger partial charge < -0.3 is 10.6 Å². The zero-order valence-electron chi connectivity index (χ0n) is 17.5. The first kappa shape index (κ1) is 22.3. The predicted octanol–water partition coefficient (Wildman–Crippen LogP) is 1.67. The predicted molar refractivity (Wildman–Crippen MR) is 108 cm³/mol. The molecule has 1 fully saturated rings. The van der Waals surface area contributed by atoms with E-state index < -0.39 is 0 Å². The van der Waals surface area contributed by atoms with Crippen molar-refractivity contribution in [3.05, 3.63) is 35.1 Å². The normalized spacial score (nSPS) is 16.5. The van der Waals surface area contributed by atoms with Crippen molar-refractivity contribution >= 4 is 11.8 Å². The van der Waals surface area contributed by atoms with E-state index in [0.717, 1.165) is 38.2 Å². The lowest BCUT2D eigenvalue weighted by Gasteiger charge is -2.25. The van der Waals surface area contributed by atoms with Gasteiger partial charge in [-0.15, -0.1) is 0 Å². The molecule has 28 heavy (non-hydrogen) atoms. The first-order valence-electron chi connectivity index (χ1n) is 9.90. The largest absolute Gasteiger partial charge is 0.351 e. The molecule has 0 atom stereocenters. The van der Waals surface area contributed by atoms with Crippen LogP contribution < -0.4 is 10.6 Å². The topological polar surface area (TPSA) is 64.7 Å². The molecule has 1 saturated heterocycles. The fourth-order valence-corrected chi connectivity index (χ4v) is 3.28. The van der Waals surface area contributed by atoms with E-state index in [2.05, 4.69) is 20.4 Å². The second kappa shape index (κ2) is 9.98. The molecule has 2 N–H and O–H groups in total. The third kappa shape index (κ3) is 7.94. The molecule has 0 radical (unpaired) electrons. The van der Waals surface area contributed by atoms with Gasteiger partial charge in [-0.25, -0.2) is 4.39 Å². The zero-order valence-corrected chi connectivity index (χ0v) is 17.5. The molecule has 1 heterocycles. The van der Waals surface area contributed by atoms with Crippen LogP contribution in [0, 0.1) is 12.7 Å². The van der Waals surface area contributed by atoms with E-state index in [1.807, 2.05) is 20.8 Å². The highest BCUT2D eigenvalue weighted by molar-refractivity contribution is 5.79. The summed E-state index contributed by atoms with van der Waals surface area (Å²) in [5, 5.41) is 5.89. The standard InChI is InChI=1S/C21H33FN4O2/c1-16-12-17(6-7-18(16)22)13-23-19(27)14-25-8-5-9-26(11-10-25)15-20(28)24-21(2,3)4/h6-7,12H,5,8-11,13-15H2,1-4H3,(H,23,27)(H,24,28). The smallest absolute Gasteiger partial charge is 0.234 e. The first-order chi connectivity index (χ1) is 13.1. The molecule has 1 aliphatic rings. The Balaban J connectivity index is 1.73. The van der Waals surface area contributed by atoms with Gasteiger partial charge in [0.15, 0.2) is 0 Å². The van der Waals surface area contributed by atoms with Crippen LogP contribution in [0.1, 0.15) is 38.3 Å². The van der Waals surface area contributed by atoms with E-state index in [1.54, 1.807) is 19.1 Å². The summed E-state index contributed by atoms with van der Waals surface area (Å²) in [6.45, 7) is 12.0. The SMILES string of the molecule is Cc1cc(CNC(=O)CN2CCCN(CC(=O)NC(C)(C)C)CC2)ccc1F. The number of amides is 2. The van der Waals surface area contributed by atoms with Gasteiger partial charge in [-0.2, -0.15) is 0 Å². The number of carbonyl (C=O) groups is 2. The maximum atomic E-state index is 13.3. The van der Waals surface area contributed by atoms with E-state index in [9.17, 15) is 14.0 Å². The minimum atomic E-state index is -0.236.